The number of nitrogens with zero attached hydrogens (tertiary/aromatic N) is 1. The van der Waals surface area contributed by atoms with Crippen LogP contribution in [0.25, 0.3) is 0 Å². The summed E-state index contributed by atoms with van der Waals surface area (Å²) in [5.74, 6) is 0. The number of rotatable bonds is 5. The highest BCUT2D eigenvalue weighted by atomic mass is 32.1. The van der Waals surface area contributed by atoms with E-state index in [0.29, 0.717) is 0 Å². The summed E-state index contributed by atoms with van der Waals surface area (Å²) in [6, 6.07) is 2.95. The highest BCUT2D eigenvalue weighted by molar-refractivity contribution is 7.10. The van der Waals surface area contributed by atoms with Crippen LogP contribution in [0.3, 0.4) is 0 Å². The smallest absolute Gasteiger partial charge is 0.0194 e. The number of aryl methyl sites for hydroxylation is 1. The summed E-state index contributed by atoms with van der Waals surface area (Å²) >= 11 is 1.90. The second kappa shape index (κ2) is 6.53. The molecule has 1 aromatic heterocycles. The zero-order valence-electron chi connectivity index (χ0n) is 11.0. The van der Waals surface area contributed by atoms with Gasteiger partial charge >= 0.3 is 0 Å². The van der Waals surface area contributed by atoms with Crippen LogP contribution in [0.2, 0.25) is 0 Å². The second-order valence-corrected chi connectivity index (χ2v) is 6.19. The fourth-order valence-electron chi connectivity index (χ4n) is 2.50. The lowest BCUT2D eigenvalue weighted by Gasteiger charge is -2.28. The molecule has 17 heavy (non-hydrogen) atoms. The lowest BCUT2D eigenvalue weighted by molar-refractivity contribution is 0.265. The molecule has 2 nitrogen and oxygen atoms in total. The van der Waals surface area contributed by atoms with Crippen molar-refractivity contribution >= 4 is 11.3 Å². The van der Waals surface area contributed by atoms with E-state index in [1.807, 2.05) is 11.3 Å². The number of nitrogens with one attached hydrogen (secondary N) is 1. The third-order valence-corrected chi connectivity index (χ3v) is 4.72. The monoisotopic (exact) mass is 252 g/mol. The highest BCUT2D eigenvalue weighted by Gasteiger charge is 2.14. The lowest BCUT2D eigenvalue weighted by Crippen LogP contribution is -2.42. The van der Waals surface area contributed by atoms with Gasteiger partial charge in [-0.2, -0.15) is 0 Å². The molecule has 1 aliphatic heterocycles. The summed E-state index contributed by atoms with van der Waals surface area (Å²) in [6.07, 6.45) is 5.30. The number of piperidine rings is 1. The Morgan fingerprint density at radius 2 is 2.35 bits per heavy atom. The molecule has 1 unspecified atom stereocenters. The van der Waals surface area contributed by atoms with Crippen molar-refractivity contribution < 1.29 is 0 Å². The largest absolute Gasteiger partial charge is 0.313 e. The van der Waals surface area contributed by atoms with Crippen LogP contribution in [-0.4, -0.2) is 37.6 Å². The second-order valence-electron chi connectivity index (χ2n) is 5.19. The number of hydrogen-bond acceptors (Lipinski definition) is 3. The molecule has 96 valence electrons. The molecule has 1 aromatic rings. The van der Waals surface area contributed by atoms with Crippen molar-refractivity contribution in [2.75, 3.05) is 26.7 Å². The predicted molar refractivity (Wildman–Crippen MR) is 75.9 cm³/mol. The van der Waals surface area contributed by atoms with Gasteiger partial charge in [-0.05, 0) is 56.8 Å². The topological polar surface area (TPSA) is 15.3 Å². The quantitative estimate of drug-likeness (QED) is 0.867. The van der Waals surface area contributed by atoms with Gasteiger partial charge in [0.1, 0.15) is 0 Å². The third kappa shape index (κ3) is 4.09. The maximum absolute atomic E-state index is 3.62. The average Bonchev–Trinajstić information content (AvgIpc) is 2.74. The minimum atomic E-state index is 0.721. The molecule has 0 saturated carbocycles. The van der Waals surface area contributed by atoms with E-state index in [1.54, 1.807) is 4.88 Å². The standard InChI is InChI=1S/C14H24N2S/c1-12-7-10-17-14(12)6-9-16(2)11-13-5-3-4-8-15-13/h7,10,13,15H,3-6,8-9,11H2,1-2H3. The predicted octanol–water partition coefficient (Wildman–Crippen LogP) is 2.67. The van der Waals surface area contributed by atoms with E-state index in [1.165, 1.54) is 50.9 Å². The van der Waals surface area contributed by atoms with Crippen LogP contribution in [0.15, 0.2) is 11.4 Å². The van der Waals surface area contributed by atoms with Crippen LogP contribution < -0.4 is 5.32 Å². The fourth-order valence-corrected chi connectivity index (χ4v) is 3.40. The Morgan fingerprint density at radius 3 is 3.00 bits per heavy atom. The van der Waals surface area contributed by atoms with Gasteiger partial charge in [0.05, 0.1) is 0 Å². The van der Waals surface area contributed by atoms with Crippen LogP contribution in [0.4, 0.5) is 0 Å². The number of hydrogen-bond donors (Lipinski definition) is 1. The van der Waals surface area contributed by atoms with Gasteiger partial charge in [0, 0.05) is 24.0 Å². The minimum absolute atomic E-state index is 0.721. The van der Waals surface area contributed by atoms with Crippen molar-refractivity contribution in [3.63, 3.8) is 0 Å². The van der Waals surface area contributed by atoms with Crippen LogP contribution in [0.1, 0.15) is 29.7 Å². The normalized spacial score (nSPS) is 21.0. The summed E-state index contributed by atoms with van der Waals surface area (Å²) in [5.41, 5.74) is 1.46. The van der Waals surface area contributed by atoms with Gasteiger partial charge in [-0.3, -0.25) is 0 Å². The van der Waals surface area contributed by atoms with Gasteiger partial charge in [-0.15, -0.1) is 11.3 Å². The first-order valence-electron chi connectivity index (χ1n) is 6.70. The number of likely N-dealkylation sites (N-methyl/N-ethyl adjacent to an activating group) is 1. The first kappa shape index (κ1) is 13.1. The van der Waals surface area contributed by atoms with Crippen LogP contribution in [0.5, 0.6) is 0 Å². The molecule has 3 heteroatoms. The van der Waals surface area contributed by atoms with Crippen molar-refractivity contribution in [3.8, 4) is 0 Å². The summed E-state index contributed by atoms with van der Waals surface area (Å²) in [7, 11) is 2.25. The van der Waals surface area contributed by atoms with Gasteiger partial charge in [-0.1, -0.05) is 6.42 Å². The van der Waals surface area contributed by atoms with E-state index in [-0.39, 0.29) is 0 Å². The molecule has 1 fully saturated rings. The number of thiophene rings is 1. The molecule has 1 N–H and O–H groups in total. The summed E-state index contributed by atoms with van der Waals surface area (Å²) in [5, 5.41) is 5.82. The average molecular weight is 252 g/mol. The molecule has 1 atom stereocenters. The van der Waals surface area contributed by atoms with Crippen LogP contribution in [0, 0.1) is 6.92 Å². The Hall–Kier alpha value is -0.380. The molecule has 2 rings (SSSR count). The first-order chi connectivity index (χ1) is 8.25. The van der Waals surface area contributed by atoms with E-state index >= 15 is 0 Å². The summed E-state index contributed by atoms with van der Waals surface area (Å²) in [4.78, 5) is 4.02. The Labute approximate surface area is 109 Å². The molecule has 0 bridgehead atoms. The molecule has 1 saturated heterocycles. The molecule has 0 aliphatic carbocycles. The first-order valence-corrected chi connectivity index (χ1v) is 7.58. The van der Waals surface area contributed by atoms with E-state index in [4.69, 9.17) is 0 Å². The molecule has 0 amide bonds. The zero-order chi connectivity index (χ0) is 12.1. The molecule has 1 aliphatic rings. The SMILES string of the molecule is Cc1ccsc1CCN(C)CC1CCCCN1. The van der Waals surface area contributed by atoms with E-state index < -0.39 is 0 Å². The fraction of sp³-hybridized carbons (Fsp3) is 0.714. The van der Waals surface area contributed by atoms with Crippen molar-refractivity contribution in [2.45, 2.75) is 38.6 Å². The Morgan fingerprint density at radius 1 is 1.47 bits per heavy atom. The van der Waals surface area contributed by atoms with E-state index in [9.17, 15) is 0 Å². The van der Waals surface area contributed by atoms with Gasteiger partial charge in [0.2, 0.25) is 0 Å². The Bertz CT molecular complexity index is 329. The highest BCUT2D eigenvalue weighted by Crippen LogP contribution is 2.16. The molecule has 0 radical (unpaired) electrons. The van der Waals surface area contributed by atoms with Crippen molar-refractivity contribution in [2.24, 2.45) is 0 Å². The Balaban J connectivity index is 1.70. The molecular weight excluding hydrogens is 228 g/mol. The van der Waals surface area contributed by atoms with Crippen molar-refractivity contribution in [1.82, 2.24) is 10.2 Å². The van der Waals surface area contributed by atoms with Gasteiger partial charge in [0.15, 0.2) is 0 Å². The van der Waals surface area contributed by atoms with Gasteiger partial charge in [-0.25, -0.2) is 0 Å². The Kier molecular flexibility index (Phi) is 5.01. The van der Waals surface area contributed by atoms with E-state index in [2.05, 4.69) is 35.6 Å². The summed E-state index contributed by atoms with van der Waals surface area (Å²) in [6.45, 7) is 5.81. The molecule has 0 aromatic carbocycles. The van der Waals surface area contributed by atoms with E-state index in [0.717, 1.165) is 6.04 Å². The zero-order valence-corrected chi connectivity index (χ0v) is 11.9. The molecular formula is C14H24N2S. The van der Waals surface area contributed by atoms with Crippen molar-refractivity contribution in [3.05, 3.63) is 21.9 Å². The van der Waals surface area contributed by atoms with Crippen molar-refractivity contribution in [1.29, 1.82) is 0 Å². The van der Waals surface area contributed by atoms with Crippen LogP contribution >= 0.6 is 11.3 Å². The molecule has 2 heterocycles. The van der Waals surface area contributed by atoms with Gasteiger partial charge < -0.3 is 10.2 Å². The van der Waals surface area contributed by atoms with Crippen LogP contribution in [-0.2, 0) is 6.42 Å². The van der Waals surface area contributed by atoms with Gasteiger partial charge in [0.25, 0.3) is 0 Å². The lowest BCUT2D eigenvalue weighted by atomic mass is 10.0. The minimum Gasteiger partial charge on any atom is -0.313 e. The molecule has 0 spiro atoms. The maximum Gasteiger partial charge on any atom is 0.0194 e. The third-order valence-electron chi connectivity index (χ3n) is 3.63. The summed E-state index contributed by atoms with van der Waals surface area (Å²) < 4.78 is 0. The maximum atomic E-state index is 3.62.